The Bertz CT molecular complexity index is 881. The van der Waals surface area contributed by atoms with Gasteiger partial charge in [-0.2, -0.15) is 0 Å². The van der Waals surface area contributed by atoms with E-state index in [9.17, 15) is 0 Å². The van der Waals surface area contributed by atoms with Gasteiger partial charge in [0.2, 0.25) is 0 Å². The van der Waals surface area contributed by atoms with Crippen molar-refractivity contribution in [1.29, 1.82) is 0 Å². The van der Waals surface area contributed by atoms with Crippen LogP contribution >= 0.6 is 0 Å². The van der Waals surface area contributed by atoms with Gasteiger partial charge in [-0.25, -0.2) is 0 Å². The molecule has 1 aromatic heterocycles. The number of benzene rings is 2. The molecule has 0 aliphatic carbocycles. The number of aryl methyl sites for hydroxylation is 1. The summed E-state index contributed by atoms with van der Waals surface area (Å²) in [6.45, 7) is 7.48. The van der Waals surface area contributed by atoms with Crippen molar-refractivity contribution in [1.82, 2.24) is 4.57 Å². The summed E-state index contributed by atoms with van der Waals surface area (Å²) in [6.07, 6.45) is 6.30. The molecule has 2 heteroatoms. The molecule has 3 aromatic rings. The molecule has 0 radical (unpaired) electrons. The van der Waals surface area contributed by atoms with Crippen LogP contribution in [0.5, 0.6) is 0 Å². The summed E-state index contributed by atoms with van der Waals surface area (Å²) in [5, 5.41) is 2.60. The number of fused-ring (bicyclic) bond motifs is 3. The van der Waals surface area contributed by atoms with Crippen molar-refractivity contribution < 1.29 is 0 Å². The highest BCUT2D eigenvalue weighted by atomic mass is 15.0. The molecule has 0 fully saturated rings. The molecule has 1 heterocycles. The Labute approximate surface area is 138 Å². The van der Waals surface area contributed by atoms with Gasteiger partial charge < -0.3 is 4.57 Å². The highest BCUT2D eigenvalue weighted by molar-refractivity contribution is 6.09. The molecule has 0 saturated heterocycles. The first-order valence-corrected chi connectivity index (χ1v) is 8.53. The molecule has 2 aromatic carbocycles. The van der Waals surface area contributed by atoms with Gasteiger partial charge in [-0.05, 0) is 50.1 Å². The predicted molar refractivity (Wildman–Crippen MR) is 102 cm³/mol. The maximum absolute atomic E-state index is 4.83. The Hall–Kier alpha value is -2.35. The highest BCUT2D eigenvalue weighted by Gasteiger charge is 2.09. The molecule has 0 aliphatic heterocycles. The zero-order chi connectivity index (χ0) is 16.2. The number of nitrogens with zero attached hydrogens (tertiary/aromatic N) is 2. The lowest BCUT2D eigenvalue weighted by molar-refractivity contribution is 0.827. The van der Waals surface area contributed by atoms with Crippen molar-refractivity contribution in [2.24, 2.45) is 4.99 Å². The van der Waals surface area contributed by atoms with Crippen LogP contribution in [0.1, 0.15) is 33.6 Å². The normalized spacial score (nSPS) is 12.7. The lowest BCUT2D eigenvalue weighted by Gasteiger charge is -2.03. The standard InChI is InChI=1S/C21H24N2/c1-4-7-10-16(5-2)22-17-13-14-21-19(15-17)18-11-8-9-12-20(18)23(21)6-3/h7-15H,4-6H2,1-3H3/b10-7-,22-16?. The maximum Gasteiger partial charge on any atom is 0.0640 e. The summed E-state index contributed by atoms with van der Waals surface area (Å²) < 4.78 is 2.37. The second-order valence-corrected chi connectivity index (χ2v) is 5.73. The third kappa shape index (κ3) is 2.94. The fourth-order valence-corrected chi connectivity index (χ4v) is 3.11. The maximum atomic E-state index is 4.83. The highest BCUT2D eigenvalue weighted by Crippen LogP contribution is 2.31. The first-order valence-electron chi connectivity index (χ1n) is 8.53. The molecule has 118 valence electrons. The van der Waals surface area contributed by atoms with E-state index in [0.717, 1.165) is 30.8 Å². The van der Waals surface area contributed by atoms with Crippen LogP contribution in [0.3, 0.4) is 0 Å². The first-order chi connectivity index (χ1) is 11.3. The smallest absolute Gasteiger partial charge is 0.0640 e. The van der Waals surface area contributed by atoms with Gasteiger partial charge in [0.15, 0.2) is 0 Å². The lowest BCUT2D eigenvalue weighted by atomic mass is 10.1. The van der Waals surface area contributed by atoms with E-state index in [2.05, 4.69) is 80.0 Å². The fourth-order valence-electron chi connectivity index (χ4n) is 3.11. The molecule has 0 saturated carbocycles. The molecule has 0 aliphatic rings. The Kier molecular flexibility index (Phi) is 4.61. The lowest BCUT2D eigenvalue weighted by Crippen LogP contribution is -1.92. The molecule has 0 atom stereocenters. The summed E-state index contributed by atoms with van der Waals surface area (Å²) in [6, 6.07) is 15.2. The molecule has 0 amide bonds. The zero-order valence-corrected chi connectivity index (χ0v) is 14.2. The number of allylic oxidation sites excluding steroid dienone is 2. The molecule has 2 nitrogen and oxygen atoms in total. The van der Waals surface area contributed by atoms with Gasteiger partial charge in [-0.1, -0.05) is 38.1 Å². The molecule has 0 N–H and O–H groups in total. The van der Waals surface area contributed by atoms with Crippen LogP contribution in [0.25, 0.3) is 21.8 Å². The van der Waals surface area contributed by atoms with Crippen molar-refractivity contribution >= 4 is 33.2 Å². The van der Waals surface area contributed by atoms with Gasteiger partial charge in [-0.15, -0.1) is 0 Å². The molecule has 23 heavy (non-hydrogen) atoms. The third-order valence-electron chi connectivity index (χ3n) is 4.25. The van der Waals surface area contributed by atoms with Gasteiger partial charge in [0.25, 0.3) is 0 Å². The molecular weight excluding hydrogens is 280 g/mol. The van der Waals surface area contributed by atoms with Crippen molar-refractivity contribution in [2.45, 2.75) is 40.2 Å². The number of para-hydroxylation sites is 1. The summed E-state index contributed by atoms with van der Waals surface area (Å²) in [4.78, 5) is 4.83. The van der Waals surface area contributed by atoms with Crippen molar-refractivity contribution in [2.75, 3.05) is 0 Å². The molecular formula is C21H24N2. The van der Waals surface area contributed by atoms with Gasteiger partial charge in [0.1, 0.15) is 0 Å². The second kappa shape index (κ2) is 6.82. The number of hydrogen-bond donors (Lipinski definition) is 0. The van der Waals surface area contributed by atoms with E-state index in [1.165, 1.54) is 21.8 Å². The summed E-state index contributed by atoms with van der Waals surface area (Å²) in [5.74, 6) is 0. The van der Waals surface area contributed by atoms with E-state index >= 15 is 0 Å². The van der Waals surface area contributed by atoms with E-state index in [0.29, 0.717) is 0 Å². The van der Waals surface area contributed by atoms with Crippen LogP contribution in [0.15, 0.2) is 59.6 Å². The van der Waals surface area contributed by atoms with E-state index in [-0.39, 0.29) is 0 Å². The van der Waals surface area contributed by atoms with Crippen LogP contribution < -0.4 is 0 Å². The van der Waals surface area contributed by atoms with Crippen LogP contribution in [0.2, 0.25) is 0 Å². The topological polar surface area (TPSA) is 17.3 Å². The minimum atomic E-state index is 0.950. The molecule has 0 bridgehead atoms. The van der Waals surface area contributed by atoms with Gasteiger partial charge in [-0.3, -0.25) is 4.99 Å². The Morgan fingerprint density at radius 2 is 1.78 bits per heavy atom. The molecule has 0 unspecified atom stereocenters. The van der Waals surface area contributed by atoms with E-state index in [1.54, 1.807) is 0 Å². The van der Waals surface area contributed by atoms with E-state index in [4.69, 9.17) is 4.99 Å². The molecule has 0 spiro atoms. The van der Waals surface area contributed by atoms with Crippen LogP contribution in [-0.2, 0) is 6.54 Å². The minimum Gasteiger partial charge on any atom is -0.341 e. The van der Waals surface area contributed by atoms with Crippen molar-refractivity contribution in [3.05, 3.63) is 54.6 Å². The summed E-state index contributed by atoms with van der Waals surface area (Å²) in [5.41, 5.74) is 4.75. The average Bonchev–Trinajstić information content (AvgIpc) is 2.91. The Morgan fingerprint density at radius 3 is 2.52 bits per heavy atom. The SMILES string of the molecule is CC/C=C\C(CC)=Nc1ccc2c(c1)c1ccccc1n2CC. The van der Waals surface area contributed by atoms with Crippen LogP contribution in [0.4, 0.5) is 5.69 Å². The third-order valence-corrected chi connectivity index (χ3v) is 4.25. The largest absolute Gasteiger partial charge is 0.341 e. The monoisotopic (exact) mass is 304 g/mol. The van der Waals surface area contributed by atoms with Crippen molar-refractivity contribution in [3.63, 3.8) is 0 Å². The number of aromatic nitrogens is 1. The van der Waals surface area contributed by atoms with Gasteiger partial charge in [0.05, 0.1) is 5.69 Å². The summed E-state index contributed by atoms with van der Waals surface area (Å²) in [7, 11) is 0. The Morgan fingerprint density at radius 1 is 1.00 bits per heavy atom. The Balaban J connectivity index is 2.17. The second-order valence-electron chi connectivity index (χ2n) is 5.73. The van der Waals surface area contributed by atoms with Gasteiger partial charge in [0, 0.05) is 34.1 Å². The summed E-state index contributed by atoms with van der Waals surface area (Å²) >= 11 is 0. The fraction of sp³-hybridized carbons (Fsp3) is 0.286. The first kappa shape index (κ1) is 15.5. The number of rotatable bonds is 5. The quantitative estimate of drug-likeness (QED) is 0.495. The number of hydrogen-bond acceptors (Lipinski definition) is 1. The zero-order valence-electron chi connectivity index (χ0n) is 14.2. The van der Waals surface area contributed by atoms with Gasteiger partial charge >= 0.3 is 0 Å². The average molecular weight is 304 g/mol. The van der Waals surface area contributed by atoms with Crippen LogP contribution in [0, 0.1) is 0 Å². The van der Waals surface area contributed by atoms with Crippen LogP contribution in [-0.4, -0.2) is 10.3 Å². The number of aliphatic imine (C=N–C) groups is 1. The van der Waals surface area contributed by atoms with E-state index < -0.39 is 0 Å². The molecule has 3 rings (SSSR count). The van der Waals surface area contributed by atoms with Crippen molar-refractivity contribution in [3.8, 4) is 0 Å². The van der Waals surface area contributed by atoms with E-state index in [1.807, 2.05) is 0 Å². The minimum absolute atomic E-state index is 0.950. The predicted octanol–water partition coefficient (Wildman–Crippen LogP) is 6.26.